The fourth-order valence-corrected chi connectivity index (χ4v) is 4.82. The molecule has 2 bridgehead atoms. The van der Waals surface area contributed by atoms with Gasteiger partial charge in [0.2, 0.25) is 0 Å². The Hall–Kier alpha value is -0.120. The van der Waals surface area contributed by atoms with Crippen LogP contribution in [0, 0.1) is 23.7 Å². The minimum Gasteiger partial charge on any atom is -0.381 e. The maximum absolute atomic E-state index is 6.14. The van der Waals surface area contributed by atoms with Gasteiger partial charge in [-0.25, -0.2) is 0 Å². The van der Waals surface area contributed by atoms with Crippen LogP contribution < -0.4 is 5.73 Å². The number of likely N-dealkylation sites (N-methyl/N-ethyl adjacent to an activating group) is 1. The summed E-state index contributed by atoms with van der Waals surface area (Å²) in [6, 6.07) is 0. The van der Waals surface area contributed by atoms with Gasteiger partial charge in [0.15, 0.2) is 0 Å². The Morgan fingerprint density at radius 2 is 2.11 bits per heavy atom. The van der Waals surface area contributed by atoms with E-state index in [-0.39, 0.29) is 5.54 Å². The van der Waals surface area contributed by atoms with E-state index in [0.29, 0.717) is 5.92 Å². The second-order valence-electron chi connectivity index (χ2n) is 7.44. The Morgan fingerprint density at radius 3 is 2.63 bits per heavy atom. The minimum atomic E-state index is 0.123. The van der Waals surface area contributed by atoms with E-state index in [1.807, 2.05) is 0 Å². The summed E-state index contributed by atoms with van der Waals surface area (Å²) in [5, 5.41) is 0. The molecule has 3 heteroatoms. The van der Waals surface area contributed by atoms with Crippen LogP contribution in [0.3, 0.4) is 0 Å². The number of hydrogen-bond donors (Lipinski definition) is 1. The Bertz CT molecular complexity index is 316. The molecule has 3 aliphatic rings. The van der Waals surface area contributed by atoms with Gasteiger partial charge < -0.3 is 10.5 Å². The normalized spacial score (nSPS) is 41.1. The average molecular weight is 266 g/mol. The van der Waals surface area contributed by atoms with E-state index in [2.05, 4.69) is 18.9 Å². The largest absolute Gasteiger partial charge is 0.381 e. The van der Waals surface area contributed by atoms with Crippen LogP contribution >= 0.6 is 0 Å². The van der Waals surface area contributed by atoms with E-state index in [9.17, 15) is 0 Å². The first kappa shape index (κ1) is 13.8. The predicted octanol–water partition coefficient (Wildman–Crippen LogP) is 2.11. The summed E-state index contributed by atoms with van der Waals surface area (Å²) in [4.78, 5) is 2.57. The highest BCUT2D eigenvalue weighted by Crippen LogP contribution is 2.49. The lowest BCUT2D eigenvalue weighted by Crippen LogP contribution is -2.56. The van der Waals surface area contributed by atoms with Crippen molar-refractivity contribution in [1.29, 1.82) is 0 Å². The fourth-order valence-electron chi connectivity index (χ4n) is 4.82. The third-order valence-electron chi connectivity index (χ3n) is 6.49. The number of hydrogen-bond acceptors (Lipinski definition) is 3. The monoisotopic (exact) mass is 266 g/mol. The molecule has 3 rings (SSSR count). The summed E-state index contributed by atoms with van der Waals surface area (Å²) in [6.07, 6.45) is 7.13. The Balaban J connectivity index is 1.62. The lowest BCUT2D eigenvalue weighted by atomic mass is 9.81. The van der Waals surface area contributed by atoms with E-state index >= 15 is 0 Å². The van der Waals surface area contributed by atoms with Crippen molar-refractivity contribution in [1.82, 2.24) is 4.90 Å². The van der Waals surface area contributed by atoms with Gasteiger partial charge in [-0.1, -0.05) is 6.42 Å². The summed E-state index contributed by atoms with van der Waals surface area (Å²) >= 11 is 0. The minimum absolute atomic E-state index is 0.123. The molecule has 0 aromatic carbocycles. The van der Waals surface area contributed by atoms with Gasteiger partial charge in [-0.3, -0.25) is 4.90 Å². The molecular weight excluding hydrogens is 236 g/mol. The molecule has 1 saturated heterocycles. The van der Waals surface area contributed by atoms with E-state index in [1.165, 1.54) is 38.6 Å². The van der Waals surface area contributed by atoms with Gasteiger partial charge in [0.05, 0.1) is 6.61 Å². The smallest absolute Gasteiger partial charge is 0.0513 e. The van der Waals surface area contributed by atoms with Gasteiger partial charge in [-0.15, -0.1) is 0 Å². The first-order valence-corrected chi connectivity index (χ1v) is 8.12. The molecule has 0 aromatic heterocycles. The molecule has 0 spiro atoms. The first-order valence-electron chi connectivity index (χ1n) is 8.12. The molecule has 3 fully saturated rings. The van der Waals surface area contributed by atoms with E-state index in [1.54, 1.807) is 0 Å². The van der Waals surface area contributed by atoms with Crippen molar-refractivity contribution in [2.75, 3.05) is 33.4 Å². The molecule has 1 heterocycles. The zero-order valence-corrected chi connectivity index (χ0v) is 12.6. The Labute approximate surface area is 117 Å². The standard InChI is InChI=1S/C16H30N2O/c1-16(11-17,15-5-6-19-10-15)18(2)9-14-8-12-3-4-13(14)7-12/h12-15H,3-11,17H2,1-2H3. The van der Waals surface area contributed by atoms with Crippen LogP contribution in [0.15, 0.2) is 0 Å². The molecule has 3 nitrogen and oxygen atoms in total. The van der Waals surface area contributed by atoms with Gasteiger partial charge in [-0.05, 0) is 57.4 Å². The number of nitrogens with two attached hydrogens (primary N) is 1. The molecule has 5 atom stereocenters. The molecule has 0 aromatic rings. The highest BCUT2D eigenvalue weighted by atomic mass is 16.5. The summed E-state index contributed by atoms with van der Waals surface area (Å²) in [7, 11) is 2.29. The van der Waals surface area contributed by atoms with Gasteiger partial charge in [0, 0.05) is 31.2 Å². The quantitative estimate of drug-likeness (QED) is 0.828. The molecular formula is C16H30N2O. The zero-order chi connectivity index (χ0) is 13.5. The van der Waals surface area contributed by atoms with Crippen molar-refractivity contribution in [3.63, 3.8) is 0 Å². The first-order chi connectivity index (χ1) is 9.13. The second-order valence-corrected chi connectivity index (χ2v) is 7.44. The lowest BCUT2D eigenvalue weighted by Gasteiger charge is -2.44. The molecule has 2 aliphatic carbocycles. The van der Waals surface area contributed by atoms with Gasteiger partial charge in [0.25, 0.3) is 0 Å². The molecule has 5 unspecified atom stereocenters. The van der Waals surface area contributed by atoms with Crippen molar-refractivity contribution in [2.45, 2.75) is 44.6 Å². The van der Waals surface area contributed by atoms with Crippen LogP contribution in [0.4, 0.5) is 0 Å². The molecule has 2 saturated carbocycles. The summed E-state index contributed by atoms with van der Waals surface area (Å²) in [6.45, 7) is 6.15. The Morgan fingerprint density at radius 1 is 1.26 bits per heavy atom. The van der Waals surface area contributed by atoms with Crippen LogP contribution in [-0.2, 0) is 4.74 Å². The summed E-state index contributed by atoms with van der Waals surface area (Å²) in [5.74, 6) is 3.59. The highest BCUT2D eigenvalue weighted by molar-refractivity contribution is 4.97. The number of nitrogens with zero attached hydrogens (tertiary/aromatic N) is 1. The van der Waals surface area contributed by atoms with Crippen molar-refractivity contribution < 1.29 is 4.74 Å². The van der Waals surface area contributed by atoms with Crippen LogP contribution in [-0.4, -0.2) is 43.8 Å². The SMILES string of the molecule is CN(CC1CC2CCC1C2)C(C)(CN)C1CCOC1. The molecule has 110 valence electrons. The number of fused-ring (bicyclic) bond motifs is 2. The van der Waals surface area contributed by atoms with Crippen LogP contribution in [0.1, 0.15) is 39.0 Å². The maximum atomic E-state index is 6.14. The Kier molecular flexibility index (Phi) is 3.89. The topological polar surface area (TPSA) is 38.5 Å². The van der Waals surface area contributed by atoms with Crippen LogP contribution in [0.5, 0.6) is 0 Å². The molecule has 2 N–H and O–H groups in total. The molecule has 19 heavy (non-hydrogen) atoms. The maximum Gasteiger partial charge on any atom is 0.0513 e. The third kappa shape index (κ3) is 2.45. The van der Waals surface area contributed by atoms with E-state index < -0.39 is 0 Å². The molecule has 0 radical (unpaired) electrons. The number of ether oxygens (including phenoxy) is 1. The molecule has 0 amide bonds. The lowest BCUT2D eigenvalue weighted by molar-refractivity contribution is 0.0466. The van der Waals surface area contributed by atoms with Gasteiger partial charge in [0.1, 0.15) is 0 Å². The van der Waals surface area contributed by atoms with Crippen molar-refractivity contribution in [2.24, 2.45) is 29.4 Å². The highest BCUT2D eigenvalue weighted by Gasteiger charge is 2.44. The molecule has 1 aliphatic heterocycles. The summed E-state index contributed by atoms with van der Waals surface area (Å²) < 4.78 is 5.59. The average Bonchev–Trinajstić information content (AvgIpc) is 3.14. The van der Waals surface area contributed by atoms with E-state index in [4.69, 9.17) is 10.5 Å². The third-order valence-corrected chi connectivity index (χ3v) is 6.49. The van der Waals surface area contributed by atoms with Crippen molar-refractivity contribution >= 4 is 0 Å². The van der Waals surface area contributed by atoms with Gasteiger partial charge in [-0.2, -0.15) is 0 Å². The number of rotatable bonds is 5. The van der Waals surface area contributed by atoms with E-state index in [0.717, 1.165) is 37.5 Å². The zero-order valence-electron chi connectivity index (χ0n) is 12.6. The van der Waals surface area contributed by atoms with Crippen molar-refractivity contribution in [3.8, 4) is 0 Å². The second kappa shape index (κ2) is 5.34. The van der Waals surface area contributed by atoms with Gasteiger partial charge >= 0.3 is 0 Å². The van der Waals surface area contributed by atoms with Crippen LogP contribution in [0.2, 0.25) is 0 Å². The predicted molar refractivity (Wildman–Crippen MR) is 78.0 cm³/mol. The van der Waals surface area contributed by atoms with Crippen molar-refractivity contribution in [3.05, 3.63) is 0 Å². The van der Waals surface area contributed by atoms with Crippen LogP contribution in [0.25, 0.3) is 0 Å². The fraction of sp³-hybridized carbons (Fsp3) is 1.00. The summed E-state index contributed by atoms with van der Waals surface area (Å²) in [5.41, 5.74) is 6.26.